The average Bonchev–Trinajstić information content (AvgIpc) is 2.79. The van der Waals surface area contributed by atoms with E-state index in [1.165, 1.54) is 5.69 Å². The predicted molar refractivity (Wildman–Crippen MR) is 120 cm³/mol. The van der Waals surface area contributed by atoms with Gasteiger partial charge in [0.1, 0.15) is 5.82 Å². The standard InChI is InChI=1S/C24H28N4O/c1-3-18(2)26-24(29)20-10-9-19-11-12-25-23(22(19)17-20)28-15-13-27(14-16-28)21-7-5-4-6-8-21/h4-12,17-18H,3,13-16H2,1-2H3,(H,26,29). The maximum atomic E-state index is 12.6. The molecule has 2 aromatic carbocycles. The van der Waals surface area contributed by atoms with Crippen LogP contribution in [-0.4, -0.2) is 43.1 Å². The van der Waals surface area contributed by atoms with Crippen LogP contribution in [0.15, 0.2) is 60.8 Å². The Morgan fingerprint density at radius 1 is 1.03 bits per heavy atom. The molecule has 1 atom stereocenters. The van der Waals surface area contributed by atoms with E-state index in [9.17, 15) is 4.79 Å². The Kier molecular flexibility index (Phi) is 5.65. The fourth-order valence-corrected chi connectivity index (χ4v) is 3.77. The van der Waals surface area contributed by atoms with E-state index in [-0.39, 0.29) is 11.9 Å². The van der Waals surface area contributed by atoms with Gasteiger partial charge in [0.2, 0.25) is 0 Å². The highest BCUT2D eigenvalue weighted by atomic mass is 16.1. The Balaban J connectivity index is 1.56. The van der Waals surface area contributed by atoms with Gasteiger partial charge in [0.05, 0.1) is 0 Å². The summed E-state index contributed by atoms with van der Waals surface area (Å²) in [6, 6.07) is 18.6. The molecular weight excluding hydrogens is 360 g/mol. The summed E-state index contributed by atoms with van der Waals surface area (Å²) < 4.78 is 0. The van der Waals surface area contributed by atoms with Gasteiger partial charge in [0, 0.05) is 55.1 Å². The minimum Gasteiger partial charge on any atom is -0.368 e. The maximum Gasteiger partial charge on any atom is 0.251 e. The topological polar surface area (TPSA) is 48.5 Å². The van der Waals surface area contributed by atoms with Crippen molar-refractivity contribution in [2.24, 2.45) is 0 Å². The lowest BCUT2D eigenvalue weighted by Gasteiger charge is -2.37. The molecule has 0 spiro atoms. The Morgan fingerprint density at radius 2 is 1.76 bits per heavy atom. The minimum absolute atomic E-state index is 0.0232. The van der Waals surface area contributed by atoms with E-state index in [0.717, 1.165) is 49.2 Å². The number of carbonyl (C=O) groups excluding carboxylic acids is 1. The van der Waals surface area contributed by atoms with Crippen LogP contribution in [0.5, 0.6) is 0 Å². The van der Waals surface area contributed by atoms with Gasteiger partial charge in [-0.2, -0.15) is 0 Å². The molecule has 5 nitrogen and oxygen atoms in total. The third-order valence-electron chi connectivity index (χ3n) is 5.70. The molecule has 1 aliphatic rings. The summed E-state index contributed by atoms with van der Waals surface area (Å²) in [4.78, 5) is 22.0. The number of hydrogen-bond donors (Lipinski definition) is 1. The first-order chi connectivity index (χ1) is 14.2. The van der Waals surface area contributed by atoms with Crippen LogP contribution in [0.4, 0.5) is 11.5 Å². The van der Waals surface area contributed by atoms with Gasteiger partial charge in [0.25, 0.3) is 5.91 Å². The molecule has 29 heavy (non-hydrogen) atoms. The number of para-hydroxylation sites is 1. The zero-order chi connectivity index (χ0) is 20.2. The highest BCUT2D eigenvalue weighted by Gasteiger charge is 2.20. The van der Waals surface area contributed by atoms with E-state index >= 15 is 0 Å². The van der Waals surface area contributed by atoms with Gasteiger partial charge in [-0.15, -0.1) is 0 Å². The van der Waals surface area contributed by atoms with Crippen molar-refractivity contribution in [1.29, 1.82) is 0 Å². The lowest BCUT2D eigenvalue weighted by molar-refractivity contribution is 0.0939. The molecule has 4 rings (SSSR count). The van der Waals surface area contributed by atoms with Gasteiger partial charge < -0.3 is 15.1 Å². The fourth-order valence-electron chi connectivity index (χ4n) is 3.77. The van der Waals surface area contributed by atoms with Crippen molar-refractivity contribution >= 4 is 28.2 Å². The summed E-state index contributed by atoms with van der Waals surface area (Å²) in [6.45, 7) is 7.82. The second-order valence-electron chi connectivity index (χ2n) is 7.66. The van der Waals surface area contributed by atoms with E-state index in [1.54, 1.807) is 0 Å². The van der Waals surface area contributed by atoms with Crippen LogP contribution in [0.25, 0.3) is 10.8 Å². The summed E-state index contributed by atoms with van der Waals surface area (Å²) in [7, 11) is 0. The van der Waals surface area contributed by atoms with Crippen LogP contribution in [0.3, 0.4) is 0 Å². The average molecular weight is 389 g/mol. The van der Waals surface area contributed by atoms with Crippen LogP contribution in [-0.2, 0) is 0 Å². The first-order valence-electron chi connectivity index (χ1n) is 10.4. The highest BCUT2D eigenvalue weighted by molar-refractivity contribution is 6.01. The van der Waals surface area contributed by atoms with Crippen molar-refractivity contribution in [2.45, 2.75) is 26.3 Å². The molecule has 0 bridgehead atoms. The summed E-state index contributed by atoms with van der Waals surface area (Å²) in [5.74, 6) is 0.943. The molecule has 0 aliphatic carbocycles. The first-order valence-corrected chi connectivity index (χ1v) is 10.4. The quantitative estimate of drug-likeness (QED) is 0.715. The molecule has 1 saturated heterocycles. The largest absolute Gasteiger partial charge is 0.368 e. The van der Waals surface area contributed by atoms with Crippen molar-refractivity contribution in [3.05, 3.63) is 66.4 Å². The van der Waals surface area contributed by atoms with Crippen molar-refractivity contribution in [2.75, 3.05) is 36.0 Å². The zero-order valence-corrected chi connectivity index (χ0v) is 17.1. The third-order valence-corrected chi connectivity index (χ3v) is 5.70. The molecule has 0 radical (unpaired) electrons. The van der Waals surface area contributed by atoms with Gasteiger partial charge in [-0.3, -0.25) is 4.79 Å². The smallest absolute Gasteiger partial charge is 0.251 e. The number of nitrogens with one attached hydrogen (secondary N) is 1. The molecule has 150 valence electrons. The minimum atomic E-state index is -0.0232. The van der Waals surface area contributed by atoms with Crippen molar-refractivity contribution in [1.82, 2.24) is 10.3 Å². The number of anilines is 2. The van der Waals surface area contributed by atoms with E-state index in [2.05, 4.69) is 57.4 Å². The lowest BCUT2D eigenvalue weighted by atomic mass is 10.1. The number of benzene rings is 2. The Morgan fingerprint density at radius 3 is 2.48 bits per heavy atom. The molecule has 1 N–H and O–H groups in total. The van der Waals surface area contributed by atoms with E-state index < -0.39 is 0 Å². The molecular formula is C24H28N4O. The zero-order valence-electron chi connectivity index (χ0n) is 17.1. The Hall–Kier alpha value is -3.08. The fraction of sp³-hybridized carbons (Fsp3) is 0.333. The van der Waals surface area contributed by atoms with Crippen LogP contribution >= 0.6 is 0 Å². The van der Waals surface area contributed by atoms with Gasteiger partial charge in [-0.1, -0.05) is 31.2 Å². The summed E-state index contributed by atoms with van der Waals surface area (Å²) in [6.07, 6.45) is 2.78. The van der Waals surface area contributed by atoms with E-state index in [0.29, 0.717) is 5.56 Å². The summed E-state index contributed by atoms with van der Waals surface area (Å²) >= 11 is 0. The molecule has 3 aromatic rings. The second-order valence-corrected chi connectivity index (χ2v) is 7.66. The number of nitrogens with zero attached hydrogens (tertiary/aromatic N) is 3. The van der Waals surface area contributed by atoms with Crippen LogP contribution < -0.4 is 15.1 Å². The lowest BCUT2D eigenvalue weighted by Crippen LogP contribution is -2.46. The van der Waals surface area contributed by atoms with Crippen molar-refractivity contribution in [3.8, 4) is 0 Å². The number of rotatable bonds is 5. The molecule has 1 unspecified atom stereocenters. The molecule has 1 aromatic heterocycles. The van der Waals surface area contributed by atoms with Gasteiger partial charge in [-0.25, -0.2) is 4.98 Å². The van der Waals surface area contributed by atoms with Gasteiger partial charge in [0.15, 0.2) is 0 Å². The number of hydrogen-bond acceptors (Lipinski definition) is 4. The van der Waals surface area contributed by atoms with Crippen LogP contribution in [0, 0.1) is 0 Å². The number of fused-ring (bicyclic) bond motifs is 1. The highest BCUT2D eigenvalue weighted by Crippen LogP contribution is 2.27. The molecule has 1 amide bonds. The Labute approximate surface area is 172 Å². The molecule has 1 fully saturated rings. The SMILES string of the molecule is CCC(C)NC(=O)c1ccc2ccnc(N3CCN(c4ccccc4)CC3)c2c1. The van der Waals surface area contributed by atoms with Crippen molar-refractivity contribution < 1.29 is 4.79 Å². The molecule has 2 heterocycles. The first kappa shape index (κ1) is 19.2. The molecule has 0 saturated carbocycles. The second kappa shape index (κ2) is 8.52. The monoisotopic (exact) mass is 388 g/mol. The maximum absolute atomic E-state index is 12.6. The van der Waals surface area contributed by atoms with Crippen molar-refractivity contribution in [3.63, 3.8) is 0 Å². The Bertz CT molecular complexity index is 981. The number of pyridine rings is 1. The number of carbonyl (C=O) groups is 1. The molecule has 5 heteroatoms. The van der Waals surface area contributed by atoms with Crippen LogP contribution in [0.2, 0.25) is 0 Å². The van der Waals surface area contributed by atoms with Crippen LogP contribution in [0.1, 0.15) is 30.6 Å². The summed E-state index contributed by atoms with van der Waals surface area (Å²) in [5, 5.41) is 5.20. The van der Waals surface area contributed by atoms with E-state index in [4.69, 9.17) is 0 Å². The number of amides is 1. The summed E-state index contributed by atoms with van der Waals surface area (Å²) in [5.41, 5.74) is 1.96. The van der Waals surface area contributed by atoms with Gasteiger partial charge >= 0.3 is 0 Å². The number of aromatic nitrogens is 1. The normalized spacial score (nSPS) is 15.4. The predicted octanol–water partition coefficient (Wildman–Crippen LogP) is 4.09. The van der Waals surface area contributed by atoms with E-state index in [1.807, 2.05) is 37.4 Å². The number of piperazine rings is 1. The van der Waals surface area contributed by atoms with Gasteiger partial charge in [-0.05, 0) is 49.1 Å². The molecule has 1 aliphatic heterocycles. The third kappa shape index (κ3) is 4.19.